The number of ether oxygens (including phenoxy) is 3. The van der Waals surface area contributed by atoms with Gasteiger partial charge >= 0.3 is 0 Å². The molecule has 2 atom stereocenters. The van der Waals surface area contributed by atoms with Gasteiger partial charge in [0.15, 0.2) is 5.60 Å². The van der Waals surface area contributed by atoms with Gasteiger partial charge in [-0.3, -0.25) is 4.79 Å². The Hall–Kier alpha value is -3.08. The molecular formula is C21H21NO4. The van der Waals surface area contributed by atoms with E-state index >= 15 is 0 Å². The zero-order chi connectivity index (χ0) is 18.7. The molecule has 0 radical (unpaired) electrons. The lowest BCUT2D eigenvalue weighted by atomic mass is 9.83. The van der Waals surface area contributed by atoms with E-state index < -0.39 is 5.60 Å². The summed E-state index contributed by atoms with van der Waals surface area (Å²) in [4.78, 5) is 16.8. The Morgan fingerprint density at radius 3 is 2.08 bits per heavy atom. The number of hydrogen-bond donors (Lipinski definition) is 0. The highest BCUT2D eigenvalue weighted by Crippen LogP contribution is 2.38. The van der Waals surface area contributed by atoms with Crippen molar-refractivity contribution in [2.75, 3.05) is 14.2 Å². The van der Waals surface area contributed by atoms with E-state index in [1.807, 2.05) is 36.4 Å². The second kappa shape index (κ2) is 7.04. The maximum absolute atomic E-state index is 12.7. The van der Waals surface area contributed by atoms with Crippen molar-refractivity contribution in [2.24, 2.45) is 4.99 Å². The van der Waals surface area contributed by atoms with Gasteiger partial charge in [-0.2, -0.15) is 4.99 Å². The van der Waals surface area contributed by atoms with Gasteiger partial charge in [0.05, 0.1) is 20.1 Å². The molecule has 2 aromatic carbocycles. The Kier molecular flexibility index (Phi) is 4.80. The lowest BCUT2D eigenvalue weighted by Gasteiger charge is -2.29. The number of benzene rings is 2. The number of carbonyl (C=O) groups is 1. The molecule has 5 nitrogen and oxygen atoms in total. The van der Waals surface area contributed by atoms with Gasteiger partial charge < -0.3 is 14.2 Å². The standard InChI is InChI=1S/C21H21NO4/c1-5-18(14-6-10-16(24-3)11-7-14)21(2)20(23)22-19(26-21)15-8-12-17(25-4)13-9-15/h5-13,18H,1H2,2-4H3/t18-,21-/m1/s1. The maximum atomic E-state index is 12.7. The van der Waals surface area contributed by atoms with Crippen molar-refractivity contribution in [3.8, 4) is 11.5 Å². The van der Waals surface area contributed by atoms with Gasteiger partial charge in [-0.1, -0.05) is 18.2 Å². The molecule has 0 aromatic heterocycles. The lowest BCUT2D eigenvalue weighted by molar-refractivity contribution is -0.130. The highest BCUT2D eigenvalue weighted by Gasteiger charge is 2.48. The molecule has 1 amide bonds. The first-order valence-electron chi connectivity index (χ1n) is 8.25. The second-order valence-corrected chi connectivity index (χ2v) is 6.15. The molecule has 134 valence electrons. The van der Waals surface area contributed by atoms with Crippen LogP contribution in [0.25, 0.3) is 0 Å². The Balaban J connectivity index is 1.88. The van der Waals surface area contributed by atoms with Crippen molar-refractivity contribution >= 4 is 11.8 Å². The van der Waals surface area contributed by atoms with Crippen LogP contribution in [0.5, 0.6) is 11.5 Å². The van der Waals surface area contributed by atoms with E-state index in [0.717, 1.165) is 22.6 Å². The Morgan fingerprint density at radius 2 is 1.58 bits per heavy atom. The number of hydrogen-bond acceptors (Lipinski definition) is 4. The first-order chi connectivity index (χ1) is 12.5. The molecule has 0 spiro atoms. The van der Waals surface area contributed by atoms with Crippen molar-refractivity contribution < 1.29 is 19.0 Å². The summed E-state index contributed by atoms with van der Waals surface area (Å²) < 4.78 is 16.4. The maximum Gasteiger partial charge on any atom is 0.293 e. The first kappa shape index (κ1) is 17.7. The van der Waals surface area contributed by atoms with Crippen LogP contribution in [0.1, 0.15) is 24.0 Å². The van der Waals surface area contributed by atoms with E-state index in [1.54, 1.807) is 39.4 Å². The number of aliphatic imine (C=N–C) groups is 1. The van der Waals surface area contributed by atoms with E-state index in [2.05, 4.69) is 11.6 Å². The molecule has 0 bridgehead atoms. The minimum atomic E-state index is -1.15. The van der Waals surface area contributed by atoms with Crippen LogP contribution in [0.15, 0.2) is 66.2 Å². The van der Waals surface area contributed by atoms with Crippen LogP contribution in [0.4, 0.5) is 0 Å². The molecule has 0 aliphatic carbocycles. The van der Waals surface area contributed by atoms with Gasteiger partial charge in [0.1, 0.15) is 11.5 Å². The average molecular weight is 351 g/mol. The number of amides is 1. The SMILES string of the molecule is C=C[C@H](c1ccc(OC)cc1)[C@@]1(C)OC(c2ccc(OC)cc2)=NC1=O. The fourth-order valence-electron chi connectivity index (χ4n) is 3.01. The molecule has 1 aliphatic heterocycles. The smallest absolute Gasteiger partial charge is 0.293 e. The monoisotopic (exact) mass is 351 g/mol. The van der Waals surface area contributed by atoms with Crippen molar-refractivity contribution in [3.63, 3.8) is 0 Å². The van der Waals surface area contributed by atoms with Gasteiger partial charge in [-0.15, -0.1) is 6.58 Å². The molecule has 0 unspecified atom stereocenters. The zero-order valence-corrected chi connectivity index (χ0v) is 15.1. The largest absolute Gasteiger partial charge is 0.497 e. The minimum Gasteiger partial charge on any atom is -0.497 e. The summed E-state index contributed by atoms with van der Waals surface area (Å²) in [6, 6.07) is 14.7. The normalized spacial score (nSPS) is 20.1. The van der Waals surface area contributed by atoms with Crippen molar-refractivity contribution in [3.05, 3.63) is 72.3 Å². The zero-order valence-electron chi connectivity index (χ0n) is 15.1. The molecular weight excluding hydrogens is 330 g/mol. The van der Waals surface area contributed by atoms with Crippen LogP contribution in [0.2, 0.25) is 0 Å². The summed E-state index contributed by atoms with van der Waals surface area (Å²) in [7, 11) is 3.21. The quantitative estimate of drug-likeness (QED) is 0.744. The summed E-state index contributed by atoms with van der Waals surface area (Å²) in [6.07, 6.45) is 1.71. The first-order valence-corrected chi connectivity index (χ1v) is 8.25. The number of nitrogens with zero attached hydrogens (tertiary/aromatic N) is 1. The number of methoxy groups -OCH3 is 2. The summed E-state index contributed by atoms with van der Waals surface area (Å²) >= 11 is 0. The van der Waals surface area contributed by atoms with Crippen LogP contribution < -0.4 is 9.47 Å². The van der Waals surface area contributed by atoms with Crippen LogP contribution >= 0.6 is 0 Å². The van der Waals surface area contributed by atoms with E-state index in [-0.39, 0.29) is 11.8 Å². The molecule has 0 saturated carbocycles. The van der Waals surface area contributed by atoms with E-state index in [4.69, 9.17) is 14.2 Å². The molecule has 1 aliphatic rings. The Bertz CT molecular complexity index is 839. The Morgan fingerprint density at radius 1 is 1.04 bits per heavy atom. The third-order valence-electron chi connectivity index (χ3n) is 4.58. The van der Waals surface area contributed by atoms with Gasteiger partial charge in [-0.05, 0) is 48.9 Å². The van der Waals surface area contributed by atoms with Crippen LogP contribution in [-0.2, 0) is 9.53 Å². The minimum absolute atomic E-state index is 0.306. The van der Waals surface area contributed by atoms with Crippen LogP contribution in [-0.4, -0.2) is 31.6 Å². The molecule has 5 heteroatoms. The van der Waals surface area contributed by atoms with Gasteiger partial charge in [-0.25, -0.2) is 0 Å². The highest BCUT2D eigenvalue weighted by atomic mass is 16.5. The summed E-state index contributed by atoms with van der Waals surface area (Å²) in [5.74, 6) is 1.10. The van der Waals surface area contributed by atoms with Crippen LogP contribution in [0, 0.1) is 0 Å². The van der Waals surface area contributed by atoms with Gasteiger partial charge in [0.25, 0.3) is 5.91 Å². The summed E-state index contributed by atoms with van der Waals surface area (Å²) in [5, 5.41) is 0. The molecule has 0 saturated heterocycles. The topological polar surface area (TPSA) is 57.1 Å². The summed E-state index contributed by atoms with van der Waals surface area (Å²) in [6.45, 7) is 5.64. The molecule has 3 rings (SSSR count). The fraction of sp³-hybridized carbons (Fsp3) is 0.238. The molecule has 0 N–H and O–H groups in total. The second-order valence-electron chi connectivity index (χ2n) is 6.15. The molecule has 1 heterocycles. The van der Waals surface area contributed by atoms with Gasteiger partial charge in [0, 0.05) is 5.56 Å². The van der Waals surface area contributed by atoms with E-state index in [0.29, 0.717) is 5.90 Å². The lowest BCUT2D eigenvalue weighted by Crippen LogP contribution is -2.39. The molecule has 26 heavy (non-hydrogen) atoms. The Labute approximate surface area is 152 Å². The number of carbonyl (C=O) groups excluding carboxylic acids is 1. The van der Waals surface area contributed by atoms with E-state index in [1.165, 1.54) is 0 Å². The third-order valence-corrected chi connectivity index (χ3v) is 4.58. The third kappa shape index (κ3) is 3.08. The fourth-order valence-corrected chi connectivity index (χ4v) is 3.01. The average Bonchev–Trinajstić information content (AvgIpc) is 2.98. The molecule has 2 aromatic rings. The van der Waals surface area contributed by atoms with Crippen LogP contribution in [0.3, 0.4) is 0 Å². The van der Waals surface area contributed by atoms with Crippen molar-refractivity contribution in [2.45, 2.75) is 18.4 Å². The van der Waals surface area contributed by atoms with E-state index in [9.17, 15) is 4.79 Å². The molecule has 0 fully saturated rings. The summed E-state index contributed by atoms with van der Waals surface area (Å²) in [5.41, 5.74) is 0.481. The predicted octanol–water partition coefficient (Wildman–Crippen LogP) is 3.74. The van der Waals surface area contributed by atoms with Crippen molar-refractivity contribution in [1.29, 1.82) is 0 Å². The highest BCUT2D eigenvalue weighted by molar-refractivity contribution is 6.09. The van der Waals surface area contributed by atoms with Gasteiger partial charge in [0.2, 0.25) is 5.90 Å². The predicted molar refractivity (Wildman–Crippen MR) is 100.0 cm³/mol. The number of rotatable bonds is 6. The van der Waals surface area contributed by atoms with Crippen molar-refractivity contribution in [1.82, 2.24) is 0 Å².